The van der Waals surface area contributed by atoms with Gasteiger partial charge in [-0.05, 0) is 56.4 Å². The van der Waals surface area contributed by atoms with Crippen molar-refractivity contribution in [1.29, 1.82) is 0 Å². The molecule has 1 N–H and O–H groups in total. The van der Waals surface area contributed by atoms with Crippen LogP contribution < -0.4 is 5.32 Å². The Bertz CT molecular complexity index is 359. The number of hydrogen-bond donors (Lipinski definition) is 1. The highest BCUT2D eigenvalue weighted by Crippen LogP contribution is 2.10. The highest BCUT2D eigenvalue weighted by atomic mass is 15.1. The Morgan fingerprint density at radius 3 is 2.10 bits per heavy atom. The van der Waals surface area contributed by atoms with E-state index < -0.39 is 0 Å². The van der Waals surface area contributed by atoms with Gasteiger partial charge in [-0.1, -0.05) is 33.8 Å². The maximum Gasteiger partial charge on any atom is 0.0544 e. The van der Waals surface area contributed by atoms with Crippen molar-refractivity contribution >= 4 is 0 Å². The summed E-state index contributed by atoms with van der Waals surface area (Å²) in [6.07, 6.45) is 4.51. The van der Waals surface area contributed by atoms with Crippen molar-refractivity contribution in [3.8, 4) is 0 Å². The second-order valence-electron chi connectivity index (χ2n) is 6.83. The van der Waals surface area contributed by atoms with Crippen molar-refractivity contribution in [3.63, 3.8) is 0 Å². The zero-order valence-corrected chi connectivity index (χ0v) is 14.5. The zero-order chi connectivity index (χ0) is 15.7. The Balaban J connectivity index is 2.56. The topological polar surface area (TPSA) is 28.2 Å². The van der Waals surface area contributed by atoms with Crippen LogP contribution in [0, 0.1) is 11.8 Å². The molecule has 1 rings (SSSR count). The van der Waals surface area contributed by atoms with E-state index in [1.165, 1.54) is 37.2 Å². The summed E-state index contributed by atoms with van der Waals surface area (Å²) in [5.41, 5.74) is 2.43. The van der Waals surface area contributed by atoms with Crippen molar-refractivity contribution in [2.24, 2.45) is 11.8 Å². The van der Waals surface area contributed by atoms with Crippen LogP contribution >= 0.6 is 0 Å². The minimum atomic E-state index is 0.762. The first-order chi connectivity index (χ1) is 10.0. The van der Waals surface area contributed by atoms with Gasteiger partial charge in [0.05, 0.1) is 5.69 Å². The summed E-state index contributed by atoms with van der Waals surface area (Å²) < 4.78 is 0. The zero-order valence-electron chi connectivity index (χ0n) is 14.5. The van der Waals surface area contributed by atoms with Gasteiger partial charge in [-0.15, -0.1) is 0 Å². The van der Waals surface area contributed by atoms with Gasteiger partial charge in [-0.3, -0.25) is 9.88 Å². The molecule has 1 heterocycles. The van der Waals surface area contributed by atoms with E-state index in [0.29, 0.717) is 0 Å². The Hall–Kier alpha value is -0.930. The maximum absolute atomic E-state index is 4.61. The molecule has 0 saturated carbocycles. The fraction of sp³-hybridized carbons (Fsp3) is 0.722. The van der Waals surface area contributed by atoms with Gasteiger partial charge in [0.15, 0.2) is 0 Å². The number of rotatable bonds is 10. The molecule has 0 aliphatic rings. The van der Waals surface area contributed by atoms with Gasteiger partial charge >= 0.3 is 0 Å². The molecule has 1 aromatic rings. The molecule has 3 heteroatoms. The van der Waals surface area contributed by atoms with E-state index in [0.717, 1.165) is 24.9 Å². The van der Waals surface area contributed by atoms with Crippen LogP contribution in [0.15, 0.2) is 18.3 Å². The summed E-state index contributed by atoms with van der Waals surface area (Å²) in [4.78, 5) is 7.17. The monoisotopic (exact) mass is 291 g/mol. The van der Waals surface area contributed by atoms with Gasteiger partial charge in [-0.2, -0.15) is 0 Å². The van der Waals surface area contributed by atoms with Gasteiger partial charge in [0.25, 0.3) is 0 Å². The largest absolute Gasteiger partial charge is 0.316 e. The van der Waals surface area contributed by atoms with Crippen LogP contribution in [0.3, 0.4) is 0 Å². The lowest BCUT2D eigenvalue weighted by Gasteiger charge is -2.24. The highest BCUT2D eigenvalue weighted by Gasteiger charge is 2.09. The Morgan fingerprint density at radius 2 is 1.67 bits per heavy atom. The van der Waals surface area contributed by atoms with E-state index >= 15 is 0 Å². The van der Waals surface area contributed by atoms with Crippen LogP contribution in [0.5, 0.6) is 0 Å². The number of aromatic nitrogens is 1. The molecule has 0 saturated heterocycles. The van der Waals surface area contributed by atoms with Crippen molar-refractivity contribution < 1.29 is 0 Å². The van der Waals surface area contributed by atoms with E-state index in [1.54, 1.807) is 0 Å². The predicted octanol–water partition coefficient (Wildman–Crippen LogP) is 3.70. The smallest absolute Gasteiger partial charge is 0.0544 e. The summed E-state index contributed by atoms with van der Waals surface area (Å²) in [6.45, 7) is 13.4. The number of nitrogens with zero attached hydrogens (tertiary/aromatic N) is 2. The van der Waals surface area contributed by atoms with Crippen LogP contribution in [-0.2, 0) is 13.1 Å². The molecule has 0 atom stereocenters. The molecular formula is C18H33N3. The number of hydrogen-bond acceptors (Lipinski definition) is 3. The van der Waals surface area contributed by atoms with Gasteiger partial charge < -0.3 is 5.32 Å². The first-order valence-corrected chi connectivity index (χ1v) is 8.32. The fourth-order valence-electron chi connectivity index (χ4n) is 2.24. The average Bonchev–Trinajstić information content (AvgIpc) is 2.44. The van der Waals surface area contributed by atoms with Gasteiger partial charge in [-0.25, -0.2) is 0 Å². The molecule has 0 fully saturated rings. The van der Waals surface area contributed by atoms with Crippen LogP contribution in [0.4, 0.5) is 0 Å². The minimum absolute atomic E-state index is 0.762. The summed E-state index contributed by atoms with van der Waals surface area (Å²) >= 11 is 0. The van der Waals surface area contributed by atoms with E-state index in [-0.39, 0.29) is 0 Å². The third-order valence-electron chi connectivity index (χ3n) is 3.70. The predicted molar refractivity (Wildman–Crippen MR) is 91.2 cm³/mol. The first kappa shape index (κ1) is 18.1. The molecule has 0 amide bonds. The number of nitrogens with one attached hydrogen (secondary N) is 1. The fourth-order valence-corrected chi connectivity index (χ4v) is 2.24. The molecule has 0 aliphatic heterocycles. The third kappa shape index (κ3) is 8.18. The summed E-state index contributed by atoms with van der Waals surface area (Å²) in [5, 5.41) is 3.16. The SMILES string of the molecule is CNCc1ccc(CN(CCC(C)C)CCC(C)C)nc1. The lowest BCUT2D eigenvalue weighted by molar-refractivity contribution is 0.233. The molecule has 0 bridgehead atoms. The van der Waals surface area contributed by atoms with E-state index in [4.69, 9.17) is 0 Å². The molecule has 0 spiro atoms. The summed E-state index contributed by atoms with van der Waals surface area (Å²) in [5.74, 6) is 1.52. The third-order valence-corrected chi connectivity index (χ3v) is 3.70. The van der Waals surface area contributed by atoms with E-state index in [1.807, 2.05) is 13.2 Å². The summed E-state index contributed by atoms with van der Waals surface area (Å²) in [6, 6.07) is 4.35. The molecule has 21 heavy (non-hydrogen) atoms. The molecule has 3 nitrogen and oxygen atoms in total. The van der Waals surface area contributed by atoms with Crippen LogP contribution in [-0.4, -0.2) is 30.0 Å². The molecule has 0 aliphatic carbocycles. The van der Waals surface area contributed by atoms with Gasteiger partial charge in [0, 0.05) is 19.3 Å². The van der Waals surface area contributed by atoms with Crippen LogP contribution in [0.2, 0.25) is 0 Å². The molecule has 1 aromatic heterocycles. The Labute approximate surface area is 131 Å². The second-order valence-corrected chi connectivity index (χ2v) is 6.83. The molecule has 0 radical (unpaired) electrons. The second kappa shape index (κ2) is 9.91. The van der Waals surface area contributed by atoms with Crippen molar-refractivity contribution in [3.05, 3.63) is 29.6 Å². The van der Waals surface area contributed by atoms with E-state index in [9.17, 15) is 0 Å². The van der Waals surface area contributed by atoms with Crippen molar-refractivity contribution in [1.82, 2.24) is 15.2 Å². The van der Waals surface area contributed by atoms with E-state index in [2.05, 4.69) is 55.0 Å². The van der Waals surface area contributed by atoms with Gasteiger partial charge in [0.2, 0.25) is 0 Å². The standard InChI is InChI=1S/C18H33N3/c1-15(2)8-10-21(11-9-16(3)4)14-18-7-6-17(12-19-5)13-20-18/h6-7,13,15-16,19H,8-12,14H2,1-5H3. The molecule has 120 valence electrons. The minimum Gasteiger partial charge on any atom is -0.316 e. The summed E-state index contributed by atoms with van der Waals surface area (Å²) in [7, 11) is 1.97. The molecule has 0 aromatic carbocycles. The van der Waals surface area contributed by atoms with Crippen molar-refractivity contribution in [2.75, 3.05) is 20.1 Å². The quantitative estimate of drug-likeness (QED) is 0.712. The highest BCUT2D eigenvalue weighted by molar-refractivity contribution is 5.13. The van der Waals surface area contributed by atoms with Crippen LogP contribution in [0.25, 0.3) is 0 Å². The normalized spacial score (nSPS) is 11.8. The molecule has 0 unspecified atom stereocenters. The number of pyridine rings is 1. The van der Waals surface area contributed by atoms with Crippen molar-refractivity contribution in [2.45, 2.75) is 53.6 Å². The first-order valence-electron chi connectivity index (χ1n) is 8.32. The molecular weight excluding hydrogens is 258 g/mol. The average molecular weight is 291 g/mol. The lowest BCUT2D eigenvalue weighted by atomic mass is 10.1. The Morgan fingerprint density at radius 1 is 1.05 bits per heavy atom. The maximum atomic E-state index is 4.61. The Kier molecular flexibility index (Phi) is 8.55. The van der Waals surface area contributed by atoms with Crippen LogP contribution in [0.1, 0.15) is 51.8 Å². The lowest BCUT2D eigenvalue weighted by Crippen LogP contribution is -2.27. The van der Waals surface area contributed by atoms with Gasteiger partial charge in [0.1, 0.15) is 0 Å².